The molecule has 162 valence electrons. The van der Waals surface area contributed by atoms with Crippen molar-refractivity contribution in [2.45, 2.75) is 38.3 Å². The number of benzene rings is 1. The molecule has 0 fully saturated rings. The molecule has 0 spiro atoms. The lowest BCUT2D eigenvalue weighted by molar-refractivity contribution is -0.113. The predicted octanol–water partition coefficient (Wildman–Crippen LogP) is 4.02. The molecule has 31 heavy (non-hydrogen) atoms. The van der Waals surface area contributed by atoms with Crippen LogP contribution in [0.15, 0.2) is 34.2 Å². The number of nitrogens with one attached hydrogen (secondary N) is 2. The van der Waals surface area contributed by atoms with Crippen molar-refractivity contribution in [1.82, 2.24) is 9.97 Å². The highest BCUT2D eigenvalue weighted by molar-refractivity contribution is 7.99. The molecule has 2 aromatic heterocycles. The largest absolute Gasteiger partial charge is 0.462 e. The summed E-state index contributed by atoms with van der Waals surface area (Å²) in [6, 6.07) is 7.06. The van der Waals surface area contributed by atoms with Crippen molar-refractivity contribution in [2.75, 3.05) is 17.7 Å². The van der Waals surface area contributed by atoms with E-state index in [9.17, 15) is 14.4 Å². The Hall–Kier alpha value is -2.65. The lowest BCUT2D eigenvalue weighted by Crippen LogP contribution is -2.18. The van der Waals surface area contributed by atoms with Crippen LogP contribution in [0.5, 0.6) is 0 Å². The number of H-pyrrole nitrogens is 1. The van der Waals surface area contributed by atoms with E-state index in [-0.39, 0.29) is 23.8 Å². The van der Waals surface area contributed by atoms with Crippen LogP contribution in [-0.4, -0.2) is 34.2 Å². The lowest BCUT2D eigenvalue weighted by atomic mass is 9.88. The molecule has 1 aliphatic carbocycles. The number of para-hydroxylation sites is 1. The average Bonchev–Trinajstić information content (AvgIpc) is 3.09. The van der Waals surface area contributed by atoms with Gasteiger partial charge in [-0.1, -0.05) is 30.8 Å². The first kappa shape index (κ1) is 21.6. The summed E-state index contributed by atoms with van der Waals surface area (Å²) in [6.07, 6.45) is 2.73. The minimum atomic E-state index is -0.391. The second kappa shape index (κ2) is 9.23. The number of hydrogen-bond acceptors (Lipinski definition) is 7. The van der Waals surface area contributed by atoms with Crippen LogP contribution in [-0.2, 0) is 22.4 Å². The molecule has 3 aromatic rings. The molecule has 7 nitrogen and oxygen atoms in total. The molecule has 0 saturated heterocycles. The number of ether oxygens (including phenoxy) is 1. The van der Waals surface area contributed by atoms with Crippen molar-refractivity contribution in [3.63, 3.8) is 0 Å². The zero-order valence-electron chi connectivity index (χ0n) is 17.3. The summed E-state index contributed by atoms with van der Waals surface area (Å²) in [5.74, 6) is -0.0465. The van der Waals surface area contributed by atoms with Gasteiger partial charge in [0.1, 0.15) is 5.00 Å². The maximum Gasteiger partial charge on any atom is 0.341 e. The Bertz CT molecular complexity index is 1200. The normalized spacial score (nSPS) is 15.5. The molecule has 1 aromatic carbocycles. The lowest BCUT2D eigenvalue weighted by Gasteiger charge is -2.18. The van der Waals surface area contributed by atoms with Gasteiger partial charge in [0.05, 0.1) is 28.8 Å². The Morgan fingerprint density at radius 1 is 1.35 bits per heavy atom. The van der Waals surface area contributed by atoms with Crippen LogP contribution in [0.3, 0.4) is 0 Å². The van der Waals surface area contributed by atoms with Crippen LogP contribution in [0.1, 0.15) is 41.1 Å². The third kappa shape index (κ3) is 4.67. The number of fused-ring (bicyclic) bond motifs is 2. The van der Waals surface area contributed by atoms with Gasteiger partial charge in [-0.3, -0.25) is 9.59 Å². The predicted molar refractivity (Wildman–Crippen MR) is 123 cm³/mol. The van der Waals surface area contributed by atoms with Gasteiger partial charge in [0.15, 0.2) is 5.16 Å². The minimum Gasteiger partial charge on any atom is -0.462 e. The molecule has 9 heteroatoms. The fraction of sp³-hybridized carbons (Fsp3) is 0.364. The van der Waals surface area contributed by atoms with Gasteiger partial charge in [-0.15, -0.1) is 11.3 Å². The average molecular weight is 458 g/mol. The van der Waals surface area contributed by atoms with E-state index in [2.05, 4.69) is 22.2 Å². The first-order chi connectivity index (χ1) is 15.0. The Balaban J connectivity index is 1.51. The fourth-order valence-corrected chi connectivity index (χ4v) is 5.77. The summed E-state index contributed by atoms with van der Waals surface area (Å²) >= 11 is 2.61. The molecule has 1 amide bonds. The smallest absolute Gasteiger partial charge is 0.341 e. The number of aromatic nitrogens is 2. The standard InChI is InChI=1S/C22H23N3O4S2/c1-3-29-21(28)18-14-9-8-12(2)10-16(14)31-20(18)24-17(26)11-30-22-23-15-7-5-4-6-13(15)19(27)25-22/h4-7,12H,3,8-11H2,1-2H3,(H,24,26)(H,23,25,27)/t12-/m1/s1. The summed E-state index contributed by atoms with van der Waals surface area (Å²) in [5.41, 5.74) is 1.84. The van der Waals surface area contributed by atoms with Crippen LogP contribution in [0.4, 0.5) is 5.00 Å². The van der Waals surface area contributed by atoms with Crippen LogP contribution >= 0.6 is 23.1 Å². The zero-order chi connectivity index (χ0) is 22.0. The molecule has 0 bridgehead atoms. The van der Waals surface area contributed by atoms with Crippen molar-refractivity contribution in [3.8, 4) is 0 Å². The van der Waals surface area contributed by atoms with Crippen molar-refractivity contribution >= 4 is 50.9 Å². The number of carbonyl (C=O) groups excluding carboxylic acids is 2. The quantitative estimate of drug-likeness (QED) is 0.329. The number of esters is 1. The number of hydrogen-bond donors (Lipinski definition) is 2. The summed E-state index contributed by atoms with van der Waals surface area (Å²) in [5, 5.41) is 4.31. The van der Waals surface area contributed by atoms with Gasteiger partial charge in [0.25, 0.3) is 5.56 Å². The van der Waals surface area contributed by atoms with Gasteiger partial charge in [-0.2, -0.15) is 0 Å². The monoisotopic (exact) mass is 457 g/mol. The van der Waals surface area contributed by atoms with Gasteiger partial charge in [0.2, 0.25) is 5.91 Å². The van der Waals surface area contributed by atoms with E-state index < -0.39 is 5.97 Å². The van der Waals surface area contributed by atoms with Gasteiger partial charge >= 0.3 is 5.97 Å². The molecule has 0 saturated carbocycles. The van der Waals surface area contributed by atoms with Gasteiger partial charge < -0.3 is 15.0 Å². The number of thioether (sulfide) groups is 1. The molecule has 1 atom stereocenters. The maximum absolute atomic E-state index is 12.6. The topological polar surface area (TPSA) is 101 Å². The van der Waals surface area contributed by atoms with E-state index in [1.807, 2.05) is 6.07 Å². The van der Waals surface area contributed by atoms with Crippen molar-refractivity contribution in [2.24, 2.45) is 5.92 Å². The molecular formula is C22H23N3O4S2. The van der Waals surface area contributed by atoms with Crippen LogP contribution < -0.4 is 10.9 Å². The zero-order valence-corrected chi connectivity index (χ0v) is 19.0. The number of thiophene rings is 1. The molecule has 4 rings (SSSR count). The summed E-state index contributed by atoms with van der Waals surface area (Å²) < 4.78 is 5.25. The SMILES string of the molecule is CCOC(=O)c1c(NC(=O)CSc2nc3ccccc3c(=O)[nH]2)sc2c1CC[C@@H](C)C2. The van der Waals surface area contributed by atoms with E-state index >= 15 is 0 Å². The summed E-state index contributed by atoms with van der Waals surface area (Å²) in [6.45, 7) is 4.24. The molecule has 0 aliphatic heterocycles. The Labute approximate surface area is 187 Å². The van der Waals surface area contributed by atoms with E-state index in [0.717, 1.165) is 41.5 Å². The number of aromatic amines is 1. The van der Waals surface area contributed by atoms with Crippen LogP contribution in [0.25, 0.3) is 10.9 Å². The second-order valence-corrected chi connectivity index (χ2v) is 9.57. The van der Waals surface area contributed by atoms with Gasteiger partial charge in [0, 0.05) is 4.88 Å². The Morgan fingerprint density at radius 2 is 2.16 bits per heavy atom. The highest BCUT2D eigenvalue weighted by Gasteiger charge is 2.29. The molecular weight excluding hydrogens is 434 g/mol. The van der Waals surface area contributed by atoms with E-state index in [4.69, 9.17) is 4.74 Å². The van der Waals surface area contributed by atoms with E-state index in [1.54, 1.807) is 25.1 Å². The van der Waals surface area contributed by atoms with Crippen LogP contribution in [0.2, 0.25) is 0 Å². The molecule has 2 heterocycles. The van der Waals surface area contributed by atoms with E-state index in [0.29, 0.717) is 32.5 Å². The highest BCUT2D eigenvalue weighted by Crippen LogP contribution is 2.40. The number of rotatable bonds is 6. The summed E-state index contributed by atoms with van der Waals surface area (Å²) in [7, 11) is 0. The van der Waals surface area contributed by atoms with Crippen molar-refractivity contribution in [1.29, 1.82) is 0 Å². The molecule has 0 unspecified atom stereocenters. The highest BCUT2D eigenvalue weighted by atomic mass is 32.2. The van der Waals surface area contributed by atoms with Gasteiger partial charge in [-0.05, 0) is 49.8 Å². The minimum absolute atomic E-state index is 0.0581. The number of amides is 1. The summed E-state index contributed by atoms with van der Waals surface area (Å²) in [4.78, 5) is 45.7. The Kier molecular flexibility index (Phi) is 6.43. The molecule has 2 N–H and O–H groups in total. The van der Waals surface area contributed by atoms with E-state index in [1.165, 1.54) is 11.3 Å². The van der Waals surface area contributed by atoms with Crippen LogP contribution in [0, 0.1) is 5.92 Å². The third-order valence-corrected chi connectivity index (χ3v) is 7.22. The second-order valence-electron chi connectivity index (χ2n) is 7.50. The maximum atomic E-state index is 12.6. The Morgan fingerprint density at radius 3 is 2.97 bits per heavy atom. The number of carbonyl (C=O) groups is 2. The first-order valence-corrected chi connectivity index (χ1v) is 12.0. The first-order valence-electron chi connectivity index (χ1n) is 10.2. The van der Waals surface area contributed by atoms with Crippen molar-refractivity contribution in [3.05, 3.63) is 50.6 Å². The number of nitrogens with zero attached hydrogens (tertiary/aromatic N) is 1. The number of anilines is 1. The van der Waals surface area contributed by atoms with Gasteiger partial charge in [-0.25, -0.2) is 9.78 Å². The fourth-order valence-electron chi connectivity index (χ4n) is 3.69. The molecule has 1 aliphatic rings. The molecule has 0 radical (unpaired) electrons. The van der Waals surface area contributed by atoms with Crippen molar-refractivity contribution < 1.29 is 14.3 Å². The third-order valence-electron chi connectivity index (χ3n) is 5.18.